The molecule has 3 rings (SSSR count). The Hall–Kier alpha value is -2.60. The van der Waals surface area contributed by atoms with Crippen molar-refractivity contribution in [3.05, 3.63) is 58.6 Å². The Balaban J connectivity index is 1.85. The molecule has 0 N–H and O–H groups in total. The van der Waals surface area contributed by atoms with E-state index in [1.165, 1.54) is 12.0 Å². The lowest BCUT2D eigenvalue weighted by Gasteiger charge is -2.06. The van der Waals surface area contributed by atoms with Crippen molar-refractivity contribution >= 4 is 28.6 Å². The van der Waals surface area contributed by atoms with Gasteiger partial charge in [-0.3, -0.25) is 0 Å². The summed E-state index contributed by atoms with van der Waals surface area (Å²) in [7, 11) is 1.33. The van der Waals surface area contributed by atoms with Gasteiger partial charge in [-0.25, -0.2) is 4.79 Å². The van der Waals surface area contributed by atoms with E-state index in [0.717, 1.165) is 5.56 Å². The predicted molar refractivity (Wildman–Crippen MR) is 80.6 cm³/mol. The number of carbonyl (C=O) groups excluding carboxylic acids is 1. The summed E-state index contributed by atoms with van der Waals surface area (Å²) in [4.78, 5) is 18.5. The number of nitrogens with zero attached hydrogens (tertiary/aromatic N) is 3. The van der Waals surface area contributed by atoms with Crippen LogP contribution in [-0.2, 0) is 11.3 Å². The van der Waals surface area contributed by atoms with Crippen LogP contribution in [0.1, 0.15) is 15.9 Å². The van der Waals surface area contributed by atoms with Crippen LogP contribution in [0.5, 0.6) is 0 Å². The molecule has 0 radical (unpaired) electrons. The van der Waals surface area contributed by atoms with Crippen LogP contribution in [-0.4, -0.2) is 28.2 Å². The second-order valence-electron chi connectivity index (χ2n) is 4.56. The van der Waals surface area contributed by atoms with Crippen molar-refractivity contribution in [3.8, 4) is 0 Å². The molecule has 1 heterocycles. The lowest BCUT2D eigenvalue weighted by atomic mass is 10.2. The molecule has 0 saturated carbocycles. The molecule has 0 aliphatic carbocycles. The summed E-state index contributed by atoms with van der Waals surface area (Å²) in [5.74, 6) is -0.426. The van der Waals surface area contributed by atoms with E-state index in [1.54, 1.807) is 30.3 Å². The molecule has 0 spiro atoms. The van der Waals surface area contributed by atoms with Gasteiger partial charge in [0.05, 0.1) is 12.7 Å². The summed E-state index contributed by atoms with van der Waals surface area (Å²) >= 11 is 5.93. The fourth-order valence-electron chi connectivity index (χ4n) is 2.00. The smallest absolute Gasteiger partial charge is 0.337 e. The van der Waals surface area contributed by atoms with Gasteiger partial charge in [-0.1, -0.05) is 28.6 Å². The van der Waals surface area contributed by atoms with Gasteiger partial charge in [-0.2, -0.15) is 0 Å². The monoisotopic (exact) mass is 317 g/mol. The van der Waals surface area contributed by atoms with Gasteiger partial charge >= 0.3 is 5.97 Å². The number of rotatable bonds is 4. The van der Waals surface area contributed by atoms with Crippen molar-refractivity contribution in [1.29, 1.82) is 0 Å². The number of benzene rings is 2. The van der Waals surface area contributed by atoms with E-state index in [-0.39, 0.29) is 6.61 Å². The Morgan fingerprint density at radius 2 is 2.14 bits per heavy atom. The van der Waals surface area contributed by atoms with E-state index in [2.05, 4.69) is 10.3 Å². The minimum Gasteiger partial charge on any atom is -0.465 e. The van der Waals surface area contributed by atoms with E-state index in [0.29, 0.717) is 21.6 Å². The molecule has 0 aliphatic heterocycles. The Labute approximate surface area is 131 Å². The van der Waals surface area contributed by atoms with Crippen molar-refractivity contribution in [1.82, 2.24) is 15.2 Å². The SMILES string of the molecule is COC(=O)c1ccc2nnn(OCc3cccc(Cl)c3)c2c1. The van der Waals surface area contributed by atoms with Gasteiger partial charge in [0.15, 0.2) is 0 Å². The second-order valence-corrected chi connectivity index (χ2v) is 5.00. The summed E-state index contributed by atoms with van der Waals surface area (Å²) in [6, 6.07) is 12.3. The van der Waals surface area contributed by atoms with Gasteiger partial charge in [-0.15, -0.1) is 5.10 Å². The van der Waals surface area contributed by atoms with Gasteiger partial charge in [0.2, 0.25) is 0 Å². The quantitative estimate of drug-likeness (QED) is 0.692. The maximum Gasteiger partial charge on any atom is 0.337 e. The molecular weight excluding hydrogens is 306 g/mol. The summed E-state index contributed by atoms with van der Waals surface area (Å²) in [6.45, 7) is 0.279. The Morgan fingerprint density at radius 3 is 2.91 bits per heavy atom. The average molecular weight is 318 g/mol. The molecule has 0 fully saturated rings. The van der Waals surface area contributed by atoms with Gasteiger partial charge in [0, 0.05) is 5.02 Å². The maximum absolute atomic E-state index is 11.6. The highest BCUT2D eigenvalue weighted by molar-refractivity contribution is 6.30. The molecule has 2 aromatic carbocycles. The molecule has 1 aromatic heterocycles. The Morgan fingerprint density at radius 1 is 1.27 bits per heavy atom. The van der Waals surface area contributed by atoms with E-state index in [1.807, 2.05) is 12.1 Å². The van der Waals surface area contributed by atoms with Crippen LogP contribution in [0, 0.1) is 0 Å². The summed E-state index contributed by atoms with van der Waals surface area (Å²) in [6.07, 6.45) is 0. The second kappa shape index (κ2) is 6.03. The highest BCUT2D eigenvalue weighted by atomic mass is 35.5. The van der Waals surface area contributed by atoms with Gasteiger partial charge in [-0.05, 0) is 41.1 Å². The molecule has 0 aliphatic rings. The molecule has 6 nitrogen and oxygen atoms in total. The van der Waals surface area contributed by atoms with Gasteiger partial charge in [0.1, 0.15) is 17.6 Å². The van der Waals surface area contributed by atoms with Crippen molar-refractivity contribution in [2.24, 2.45) is 0 Å². The van der Waals surface area contributed by atoms with E-state index >= 15 is 0 Å². The predicted octanol–water partition coefficient (Wildman–Crippen LogP) is 2.50. The number of methoxy groups -OCH3 is 1. The number of aromatic nitrogens is 3. The zero-order valence-electron chi connectivity index (χ0n) is 11.7. The fourth-order valence-corrected chi connectivity index (χ4v) is 2.21. The molecule has 7 heteroatoms. The minimum absolute atomic E-state index is 0.279. The largest absolute Gasteiger partial charge is 0.465 e. The molecular formula is C15H12ClN3O3. The van der Waals surface area contributed by atoms with E-state index in [9.17, 15) is 4.79 Å². The third-order valence-corrected chi connectivity index (χ3v) is 3.31. The molecule has 112 valence electrons. The van der Waals surface area contributed by atoms with Crippen LogP contribution >= 0.6 is 11.6 Å². The van der Waals surface area contributed by atoms with Crippen molar-refractivity contribution < 1.29 is 14.4 Å². The zero-order valence-corrected chi connectivity index (χ0v) is 12.4. The van der Waals surface area contributed by atoms with Crippen molar-refractivity contribution in [2.75, 3.05) is 7.11 Å². The number of halogens is 1. The number of fused-ring (bicyclic) bond motifs is 1. The van der Waals surface area contributed by atoms with Crippen molar-refractivity contribution in [2.45, 2.75) is 6.61 Å². The highest BCUT2D eigenvalue weighted by Crippen LogP contribution is 2.15. The number of hydrogen-bond donors (Lipinski definition) is 0. The summed E-state index contributed by atoms with van der Waals surface area (Å²) in [5.41, 5.74) is 2.52. The molecule has 0 bridgehead atoms. The molecule has 0 atom stereocenters. The Bertz CT molecular complexity index is 832. The normalized spacial score (nSPS) is 10.6. The van der Waals surface area contributed by atoms with Crippen LogP contribution < -0.4 is 4.84 Å². The van der Waals surface area contributed by atoms with Crippen LogP contribution in [0.25, 0.3) is 11.0 Å². The molecule has 22 heavy (non-hydrogen) atoms. The first kappa shape index (κ1) is 14.3. The fraction of sp³-hybridized carbons (Fsp3) is 0.133. The Kier molecular flexibility index (Phi) is 3.93. The first-order valence-electron chi connectivity index (χ1n) is 6.49. The number of hydrogen-bond acceptors (Lipinski definition) is 5. The zero-order chi connectivity index (χ0) is 15.5. The first-order chi connectivity index (χ1) is 10.7. The third kappa shape index (κ3) is 2.87. The molecule has 0 unspecified atom stereocenters. The number of carbonyl (C=O) groups is 1. The number of esters is 1. The lowest BCUT2D eigenvalue weighted by molar-refractivity contribution is 0.0600. The van der Waals surface area contributed by atoms with Crippen LogP contribution in [0.4, 0.5) is 0 Å². The van der Waals surface area contributed by atoms with E-state index in [4.69, 9.17) is 21.2 Å². The lowest BCUT2D eigenvalue weighted by Crippen LogP contribution is -2.13. The summed E-state index contributed by atoms with van der Waals surface area (Å²) < 4.78 is 4.70. The summed E-state index contributed by atoms with van der Waals surface area (Å²) in [5, 5.41) is 8.54. The van der Waals surface area contributed by atoms with Crippen LogP contribution in [0.2, 0.25) is 5.02 Å². The van der Waals surface area contributed by atoms with E-state index < -0.39 is 5.97 Å². The first-order valence-corrected chi connectivity index (χ1v) is 6.86. The van der Waals surface area contributed by atoms with Crippen LogP contribution in [0.3, 0.4) is 0 Å². The highest BCUT2D eigenvalue weighted by Gasteiger charge is 2.11. The molecule has 0 saturated heterocycles. The standard InChI is InChI=1S/C15H12ClN3O3/c1-21-15(20)11-5-6-13-14(8-11)19(18-17-13)22-9-10-3-2-4-12(16)7-10/h2-8H,9H2,1H3. The van der Waals surface area contributed by atoms with Gasteiger partial charge < -0.3 is 9.57 Å². The molecule has 0 amide bonds. The van der Waals surface area contributed by atoms with Crippen molar-refractivity contribution in [3.63, 3.8) is 0 Å². The van der Waals surface area contributed by atoms with Crippen LogP contribution in [0.15, 0.2) is 42.5 Å². The third-order valence-electron chi connectivity index (χ3n) is 3.08. The van der Waals surface area contributed by atoms with Gasteiger partial charge in [0.25, 0.3) is 0 Å². The molecule has 3 aromatic rings. The average Bonchev–Trinajstić information content (AvgIpc) is 2.94. The topological polar surface area (TPSA) is 66.2 Å². The minimum atomic E-state index is -0.426. The maximum atomic E-state index is 11.6. The number of ether oxygens (including phenoxy) is 1.